The van der Waals surface area contributed by atoms with Gasteiger partial charge in [-0.15, -0.1) is 16.9 Å². The number of likely N-dealkylation sites (N-methyl/N-ethyl adjacent to an activating group) is 1. The van der Waals surface area contributed by atoms with Gasteiger partial charge in [0, 0.05) is 17.2 Å². The second kappa shape index (κ2) is 9.39. The van der Waals surface area contributed by atoms with E-state index in [2.05, 4.69) is 26.5 Å². The second-order valence-corrected chi connectivity index (χ2v) is 7.57. The summed E-state index contributed by atoms with van der Waals surface area (Å²) in [5.74, 6) is 2.04. The van der Waals surface area contributed by atoms with E-state index >= 15 is 0 Å². The molecule has 0 radical (unpaired) electrons. The van der Waals surface area contributed by atoms with Crippen LogP contribution in [0.1, 0.15) is 6.42 Å². The Bertz CT molecular complexity index is 576. The van der Waals surface area contributed by atoms with Crippen molar-refractivity contribution in [1.29, 1.82) is 0 Å². The fourth-order valence-electron chi connectivity index (χ4n) is 1.70. The molecule has 120 valence electrons. The van der Waals surface area contributed by atoms with Crippen molar-refractivity contribution >= 4 is 35.1 Å². The molecule has 0 unspecified atom stereocenters. The van der Waals surface area contributed by atoms with Crippen LogP contribution < -0.4 is 0 Å². The molecule has 2 rings (SSSR count). The molecule has 8 heteroatoms. The lowest BCUT2D eigenvalue weighted by atomic mass is 10.4. The zero-order valence-corrected chi connectivity index (χ0v) is 15.2. The molecule has 0 aliphatic carbocycles. The molecule has 0 N–H and O–H groups in total. The summed E-state index contributed by atoms with van der Waals surface area (Å²) in [6.07, 6.45) is 1.08. The Morgan fingerprint density at radius 1 is 1.18 bits per heavy atom. The summed E-state index contributed by atoms with van der Waals surface area (Å²) in [4.78, 5) is 3.26. The van der Waals surface area contributed by atoms with E-state index in [9.17, 15) is 0 Å². The quantitative estimate of drug-likeness (QED) is 0.507. The number of rotatable bonds is 9. The van der Waals surface area contributed by atoms with Crippen LogP contribution in [0.3, 0.4) is 0 Å². The van der Waals surface area contributed by atoms with Crippen LogP contribution in [0.25, 0.3) is 0 Å². The molecule has 0 bridgehead atoms. The summed E-state index contributed by atoms with van der Waals surface area (Å²) in [6.45, 7) is 1.75. The van der Waals surface area contributed by atoms with Gasteiger partial charge in [-0.25, -0.2) is 4.68 Å². The lowest BCUT2D eigenvalue weighted by Crippen LogP contribution is -2.19. The summed E-state index contributed by atoms with van der Waals surface area (Å²) in [5, 5.41) is 13.6. The van der Waals surface area contributed by atoms with Crippen molar-refractivity contribution in [3.63, 3.8) is 0 Å². The molecule has 5 nitrogen and oxygen atoms in total. The second-order valence-electron chi connectivity index (χ2n) is 4.97. The van der Waals surface area contributed by atoms with Gasteiger partial charge in [-0.05, 0) is 48.8 Å². The molecule has 2 aromatic rings. The first-order chi connectivity index (χ1) is 10.7. The van der Waals surface area contributed by atoms with E-state index < -0.39 is 0 Å². The average molecular weight is 358 g/mol. The fraction of sp³-hybridized carbons (Fsp3) is 0.500. The number of hydrogen-bond donors (Lipinski definition) is 0. The molecule has 0 aliphatic heterocycles. The first-order valence-corrected chi connectivity index (χ1v) is 9.43. The van der Waals surface area contributed by atoms with Gasteiger partial charge < -0.3 is 4.90 Å². The fourth-order valence-corrected chi connectivity index (χ4v) is 3.91. The minimum Gasteiger partial charge on any atom is -0.308 e. The number of aromatic nitrogens is 4. The van der Waals surface area contributed by atoms with Crippen molar-refractivity contribution < 1.29 is 0 Å². The van der Waals surface area contributed by atoms with Crippen LogP contribution in [-0.4, -0.2) is 57.3 Å². The minimum atomic E-state index is 0.816. The molecule has 1 heterocycles. The van der Waals surface area contributed by atoms with Crippen molar-refractivity contribution in [3.05, 3.63) is 29.3 Å². The zero-order chi connectivity index (χ0) is 15.8. The molecule has 1 aromatic heterocycles. The van der Waals surface area contributed by atoms with E-state index in [-0.39, 0.29) is 0 Å². The van der Waals surface area contributed by atoms with Gasteiger partial charge in [-0.2, -0.15) is 0 Å². The van der Waals surface area contributed by atoms with Crippen LogP contribution in [0.4, 0.5) is 0 Å². The molecule has 0 saturated heterocycles. The Kier molecular flexibility index (Phi) is 7.51. The van der Waals surface area contributed by atoms with Crippen LogP contribution in [0.5, 0.6) is 0 Å². The zero-order valence-electron chi connectivity index (χ0n) is 12.8. The van der Waals surface area contributed by atoms with Gasteiger partial charge in [0.15, 0.2) is 0 Å². The predicted molar refractivity (Wildman–Crippen MR) is 93.9 cm³/mol. The predicted octanol–water partition coefficient (Wildman–Crippen LogP) is 3.16. The van der Waals surface area contributed by atoms with Crippen LogP contribution in [0.15, 0.2) is 34.3 Å². The molecular formula is C14H20ClN5S2. The topological polar surface area (TPSA) is 46.8 Å². The Balaban J connectivity index is 1.69. The monoisotopic (exact) mass is 357 g/mol. The molecule has 1 aromatic carbocycles. The van der Waals surface area contributed by atoms with Gasteiger partial charge in [0.05, 0.1) is 11.6 Å². The Morgan fingerprint density at radius 2 is 1.95 bits per heavy atom. The highest BCUT2D eigenvalue weighted by molar-refractivity contribution is 8.00. The van der Waals surface area contributed by atoms with Crippen molar-refractivity contribution in [2.45, 2.75) is 23.0 Å². The maximum Gasteiger partial charge on any atom is 0.209 e. The molecular weight excluding hydrogens is 338 g/mol. The third-order valence-corrected chi connectivity index (χ3v) is 5.52. The summed E-state index contributed by atoms with van der Waals surface area (Å²) >= 11 is 9.64. The Hall–Kier alpha value is -0.760. The minimum absolute atomic E-state index is 0.816. The molecule has 0 amide bonds. The van der Waals surface area contributed by atoms with Gasteiger partial charge in [-0.3, -0.25) is 0 Å². The van der Waals surface area contributed by atoms with Gasteiger partial charge in [-0.1, -0.05) is 35.5 Å². The van der Waals surface area contributed by atoms with E-state index in [4.69, 9.17) is 11.6 Å². The third kappa shape index (κ3) is 5.79. The van der Waals surface area contributed by atoms with Gasteiger partial charge in [0.1, 0.15) is 0 Å². The largest absolute Gasteiger partial charge is 0.308 e. The highest BCUT2D eigenvalue weighted by Crippen LogP contribution is 2.27. The number of tetrazole rings is 1. The van der Waals surface area contributed by atoms with Crippen molar-refractivity contribution in [2.24, 2.45) is 0 Å². The van der Waals surface area contributed by atoms with Gasteiger partial charge in [0.2, 0.25) is 5.16 Å². The smallest absolute Gasteiger partial charge is 0.209 e. The SMILES string of the molecule is CN(C)CCn1nnnc1SCCCSc1ccccc1Cl. The number of halogens is 1. The van der Waals surface area contributed by atoms with Crippen molar-refractivity contribution in [2.75, 3.05) is 32.1 Å². The van der Waals surface area contributed by atoms with Crippen LogP contribution in [0, 0.1) is 0 Å². The molecule has 0 spiro atoms. The molecule has 0 saturated carbocycles. The van der Waals surface area contributed by atoms with Crippen LogP contribution in [0.2, 0.25) is 5.02 Å². The maximum atomic E-state index is 6.14. The van der Waals surface area contributed by atoms with Crippen molar-refractivity contribution in [1.82, 2.24) is 25.1 Å². The first kappa shape index (κ1) is 17.6. The van der Waals surface area contributed by atoms with Crippen LogP contribution >= 0.6 is 35.1 Å². The lowest BCUT2D eigenvalue weighted by Gasteiger charge is -2.09. The molecule has 0 atom stereocenters. The van der Waals surface area contributed by atoms with Crippen molar-refractivity contribution in [3.8, 4) is 0 Å². The van der Waals surface area contributed by atoms with Gasteiger partial charge in [0.25, 0.3) is 0 Å². The highest BCUT2D eigenvalue weighted by atomic mass is 35.5. The standard InChI is InChI=1S/C14H20ClN5S2/c1-19(2)8-9-20-14(16-17-18-20)22-11-5-10-21-13-7-4-3-6-12(13)15/h3-4,6-7H,5,8-11H2,1-2H3. The van der Waals surface area contributed by atoms with Gasteiger partial charge >= 0.3 is 0 Å². The third-order valence-electron chi connectivity index (χ3n) is 2.87. The number of nitrogens with zero attached hydrogens (tertiary/aromatic N) is 5. The average Bonchev–Trinajstić information content (AvgIpc) is 2.94. The Morgan fingerprint density at radius 3 is 2.73 bits per heavy atom. The summed E-state index contributed by atoms with van der Waals surface area (Å²) in [7, 11) is 4.09. The summed E-state index contributed by atoms with van der Waals surface area (Å²) in [6, 6.07) is 7.96. The lowest BCUT2D eigenvalue weighted by molar-refractivity contribution is 0.361. The first-order valence-electron chi connectivity index (χ1n) is 7.08. The van der Waals surface area contributed by atoms with Crippen LogP contribution in [-0.2, 0) is 6.54 Å². The van der Waals surface area contributed by atoms with E-state index in [0.717, 1.165) is 46.1 Å². The van der Waals surface area contributed by atoms with E-state index in [0.29, 0.717) is 0 Å². The summed E-state index contributed by atoms with van der Waals surface area (Å²) in [5.41, 5.74) is 0. The summed E-state index contributed by atoms with van der Waals surface area (Å²) < 4.78 is 1.87. The normalized spacial score (nSPS) is 11.3. The number of hydrogen-bond acceptors (Lipinski definition) is 6. The maximum absolute atomic E-state index is 6.14. The van der Waals surface area contributed by atoms with E-state index in [1.165, 1.54) is 0 Å². The number of benzene rings is 1. The number of thioether (sulfide) groups is 2. The van der Waals surface area contributed by atoms with E-state index in [1.54, 1.807) is 23.5 Å². The Labute approximate surface area is 144 Å². The van der Waals surface area contributed by atoms with E-state index in [1.807, 2.05) is 37.0 Å². The molecule has 22 heavy (non-hydrogen) atoms. The highest BCUT2D eigenvalue weighted by Gasteiger charge is 2.07. The molecule has 0 fully saturated rings. The molecule has 0 aliphatic rings.